The first-order valence-electron chi connectivity index (χ1n) is 12.1. The zero-order valence-corrected chi connectivity index (χ0v) is 21.9. The Morgan fingerprint density at radius 3 is 2.34 bits per heavy atom. The topological polar surface area (TPSA) is 64.6 Å². The van der Waals surface area contributed by atoms with Crippen molar-refractivity contribution in [3.63, 3.8) is 0 Å². The van der Waals surface area contributed by atoms with Gasteiger partial charge in [-0.2, -0.15) is 0 Å². The molecular formula is C29H33NO4S. The highest BCUT2D eigenvalue weighted by Crippen LogP contribution is 2.38. The van der Waals surface area contributed by atoms with Gasteiger partial charge in [0.15, 0.2) is 6.10 Å². The average Bonchev–Trinajstić information content (AvgIpc) is 3.26. The summed E-state index contributed by atoms with van der Waals surface area (Å²) < 4.78 is 10.9. The Hall–Kier alpha value is -3.12. The molecule has 0 spiro atoms. The average molecular weight is 492 g/mol. The summed E-state index contributed by atoms with van der Waals surface area (Å²) in [6.07, 6.45) is 3.81. The van der Waals surface area contributed by atoms with Crippen LogP contribution in [0.2, 0.25) is 0 Å². The first-order valence-corrected chi connectivity index (χ1v) is 13.0. The summed E-state index contributed by atoms with van der Waals surface area (Å²) in [4.78, 5) is 25.7. The minimum atomic E-state index is -0.740. The Morgan fingerprint density at radius 1 is 1.00 bits per heavy atom. The number of hydrogen-bond acceptors (Lipinski definition) is 5. The number of anilines is 1. The molecule has 1 aliphatic carbocycles. The Bertz CT molecular complexity index is 1220. The standard InChI is InChI=1S/C29H33NO4S/c1-18(34-23-14-12-22(13-15-23)29(2,3)4)26(31)30-27-25(28(32)33-5)24(17-35-27)21-11-10-19-8-6-7-9-20(19)16-21/h10-18H,6-9H2,1-5H3,(H,30,31). The largest absolute Gasteiger partial charge is 0.481 e. The fourth-order valence-electron chi connectivity index (χ4n) is 4.37. The molecule has 1 heterocycles. The molecule has 1 N–H and O–H groups in total. The molecule has 0 radical (unpaired) electrons. The zero-order valence-electron chi connectivity index (χ0n) is 21.1. The van der Waals surface area contributed by atoms with E-state index in [0.29, 0.717) is 16.3 Å². The fourth-order valence-corrected chi connectivity index (χ4v) is 5.33. The van der Waals surface area contributed by atoms with E-state index in [1.165, 1.54) is 48.0 Å². The third kappa shape index (κ3) is 5.59. The highest BCUT2D eigenvalue weighted by atomic mass is 32.1. The van der Waals surface area contributed by atoms with Crippen LogP contribution >= 0.6 is 11.3 Å². The van der Waals surface area contributed by atoms with Crippen LogP contribution in [0.15, 0.2) is 47.8 Å². The quantitative estimate of drug-likeness (QED) is 0.386. The molecule has 184 valence electrons. The Balaban J connectivity index is 1.53. The van der Waals surface area contributed by atoms with Crippen molar-refractivity contribution in [2.75, 3.05) is 12.4 Å². The summed E-state index contributed by atoms with van der Waals surface area (Å²) in [6, 6.07) is 14.2. The minimum absolute atomic E-state index is 0.0424. The van der Waals surface area contributed by atoms with Crippen LogP contribution in [-0.4, -0.2) is 25.1 Å². The normalized spacial score (nSPS) is 14.1. The Morgan fingerprint density at radius 2 is 1.69 bits per heavy atom. The number of aryl methyl sites for hydroxylation is 2. The van der Waals surface area contributed by atoms with Crippen molar-refractivity contribution >= 4 is 28.2 Å². The number of ether oxygens (including phenoxy) is 2. The predicted molar refractivity (Wildman–Crippen MR) is 142 cm³/mol. The molecule has 4 rings (SSSR count). The number of nitrogens with one attached hydrogen (secondary N) is 1. The lowest BCUT2D eigenvalue weighted by molar-refractivity contribution is -0.122. The van der Waals surface area contributed by atoms with Gasteiger partial charge in [0.1, 0.15) is 16.3 Å². The summed E-state index contributed by atoms with van der Waals surface area (Å²) in [5, 5.41) is 5.26. The molecule has 1 unspecified atom stereocenters. The van der Waals surface area contributed by atoms with Gasteiger partial charge in [-0.25, -0.2) is 4.79 Å². The maximum atomic E-state index is 13.0. The molecular weight excluding hydrogens is 458 g/mol. The predicted octanol–water partition coefficient (Wildman–Crippen LogP) is 6.78. The van der Waals surface area contributed by atoms with E-state index >= 15 is 0 Å². The van der Waals surface area contributed by atoms with Gasteiger partial charge in [0.25, 0.3) is 5.91 Å². The van der Waals surface area contributed by atoms with E-state index in [0.717, 1.165) is 24.0 Å². The highest BCUT2D eigenvalue weighted by Gasteiger charge is 2.25. The lowest BCUT2D eigenvalue weighted by Crippen LogP contribution is -2.30. The van der Waals surface area contributed by atoms with Gasteiger partial charge in [0.05, 0.1) is 7.11 Å². The number of hydrogen-bond donors (Lipinski definition) is 1. The van der Waals surface area contributed by atoms with E-state index in [2.05, 4.69) is 44.3 Å². The van der Waals surface area contributed by atoms with Gasteiger partial charge in [-0.15, -0.1) is 11.3 Å². The number of amides is 1. The second-order valence-electron chi connectivity index (χ2n) is 10.1. The summed E-state index contributed by atoms with van der Waals surface area (Å²) >= 11 is 1.32. The van der Waals surface area contributed by atoms with E-state index in [1.807, 2.05) is 29.6 Å². The van der Waals surface area contributed by atoms with Crippen molar-refractivity contribution in [3.8, 4) is 16.9 Å². The van der Waals surface area contributed by atoms with Crippen LogP contribution in [0.5, 0.6) is 5.75 Å². The monoisotopic (exact) mass is 491 g/mol. The second-order valence-corrected chi connectivity index (χ2v) is 10.9. The Kier molecular flexibility index (Phi) is 7.31. The van der Waals surface area contributed by atoms with Gasteiger partial charge >= 0.3 is 5.97 Å². The van der Waals surface area contributed by atoms with Crippen molar-refractivity contribution < 1.29 is 19.1 Å². The zero-order chi connectivity index (χ0) is 25.2. The van der Waals surface area contributed by atoms with Gasteiger partial charge in [-0.3, -0.25) is 4.79 Å². The van der Waals surface area contributed by atoms with Crippen LogP contribution in [-0.2, 0) is 27.8 Å². The molecule has 0 fully saturated rings. The SMILES string of the molecule is COC(=O)c1c(-c2ccc3c(c2)CCCC3)csc1NC(=O)C(C)Oc1ccc(C(C)(C)C)cc1. The molecule has 1 aromatic heterocycles. The van der Waals surface area contributed by atoms with Gasteiger partial charge in [-0.1, -0.05) is 51.1 Å². The lowest BCUT2D eigenvalue weighted by Gasteiger charge is -2.20. The van der Waals surface area contributed by atoms with Gasteiger partial charge < -0.3 is 14.8 Å². The molecule has 5 nitrogen and oxygen atoms in total. The van der Waals surface area contributed by atoms with E-state index < -0.39 is 12.1 Å². The molecule has 1 aliphatic rings. The van der Waals surface area contributed by atoms with E-state index in [9.17, 15) is 9.59 Å². The maximum Gasteiger partial charge on any atom is 0.341 e. The number of fused-ring (bicyclic) bond motifs is 1. The van der Waals surface area contributed by atoms with Crippen LogP contribution in [0, 0.1) is 0 Å². The molecule has 0 saturated heterocycles. The summed E-state index contributed by atoms with van der Waals surface area (Å²) in [5.74, 6) is -0.177. The third-order valence-corrected chi connectivity index (χ3v) is 7.37. The van der Waals surface area contributed by atoms with Crippen molar-refractivity contribution in [1.82, 2.24) is 0 Å². The van der Waals surface area contributed by atoms with Gasteiger partial charge in [0, 0.05) is 10.9 Å². The smallest absolute Gasteiger partial charge is 0.341 e. The number of esters is 1. The number of rotatable bonds is 6. The summed E-state index contributed by atoms with van der Waals surface area (Å²) in [5.41, 5.74) is 6.07. The van der Waals surface area contributed by atoms with Crippen molar-refractivity contribution in [2.24, 2.45) is 0 Å². The van der Waals surface area contributed by atoms with Crippen LogP contribution in [0.4, 0.5) is 5.00 Å². The first kappa shape index (κ1) is 25.0. The van der Waals surface area contributed by atoms with E-state index in [1.54, 1.807) is 6.92 Å². The number of benzene rings is 2. The number of thiophene rings is 1. The third-order valence-electron chi connectivity index (χ3n) is 6.48. The highest BCUT2D eigenvalue weighted by molar-refractivity contribution is 7.15. The fraction of sp³-hybridized carbons (Fsp3) is 0.379. The van der Waals surface area contributed by atoms with Crippen LogP contribution < -0.4 is 10.1 Å². The molecule has 0 bridgehead atoms. The number of methoxy groups -OCH3 is 1. The van der Waals surface area contributed by atoms with Crippen molar-refractivity contribution in [2.45, 2.75) is 64.9 Å². The summed E-state index contributed by atoms with van der Waals surface area (Å²) in [7, 11) is 1.36. The van der Waals surface area contributed by atoms with Gasteiger partial charge in [0.2, 0.25) is 0 Å². The second kappa shape index (κ2) is 10.2. The van der Waals surface area contributed by atoms with Crippen LogP contribution in [0.25, 0.3) is 11.1 Å². The van der Waals surface area contributed by atoms with Crippen molar-refractivity contribution in [1.29, 1.82) is 0 Å². The minimum Gasteiger partial charge on any atom is -0.481 e. The molecule has 35 heavy (non-hydrogen) atoms. The van der Waals surface area contributed by atoms with Crippen LogP contribution in [0.3, 0.4) is 0 Å². The van der Waals surface area contributed by atoms with Gasteiger partial charge in [-0.05, 0) is 72.4 Å². The molecule has 1 atom stereocenters. The van der Waals surface area contributed by atoms with Crippen molar-refractivity contribution in [3.05, 3.63) is 70.1 Å². The maximum absolute atomic E-state index is 13.0. The number of carbonyl (C=O) groups is 2. The molecule has 0 saturated carbocycles. The number of carbonyl (C=O) groups excluding carboxylic acids is 2. The summed E-state index contributed by atoms with van der Waals surface area (Å²) in [6.45, 7) is 8.15. The molecule has 3 aromatic rings. The first-order chi connectivity index (χ1) is 16.7. The Labute approximate surface area is 211 Å². The van der Waals surface area contributed by atoms with E-state index in [4.69, 9.17) is 9.47 Å². The van der Waals surface area contributed by atoms with E-state index in [-0.39, 0.29) is 11.3 Å². The van der Waals surface area contributed by atoms with Crippen LogP contribution in [0.1, 0.15) is 67.6 Å². The molecule has 6 heteroatoms. The molecule has 0 aliphatic heterocycles. The lowest BCUT2D eigenvalue weighted by atomic mass is 9.87. The molecule has 2 aromatic carbocycles. The molecule has 1 amide bonds.